The van der Waals surface area contributed by atoms with Crippen molar-refractivity contribution in [2.45, 2.75) is 58.2 Å². The molecule has 3 N–H and O–H groups in total. The van der Waals surface area contributed by atoms with Crippen LogP contribution in [0.25, 0.3) is 0 Å². The van der Waals surface area contributed by atoms with Crippen LogP contribution in [-0.4, -0.2) is 45.2 Å². The van der Waals surface area contributed by atoms with E-state index in [4.69, 9.17) is 0 Å². The highest BCUT2D eigenvalue weighted by Gasteiger charge is 2.70. The molecule has 4 aliphatic carbocycles. The molecule has 7 unspecified atom stereocenters. The molecule has 8 atom stereocenters. The van der Waals surface area contributed by atoms with Crippen molar-refractivity contribution in [3.63, 3.8) is 0 Å². The van der Waals surface area contributed by atoms with Crippen molar-refractivity contribution in [1.29, 1.82) is 0 Å². The second-order valence-electron chi connectivity index (χ2n) is 9.70. The minimum atomic E-state index is -1.60. The normalized spacial score (nSPS) is 51.3. The fourth-order valence-corrected chi connectivity index (χ4v) is 7.37. The first-order valence-electron chi connectivity index (χ1n) is 10.1. The molecule has 5 nitrogen and oxygen atoms in total. The number of aliphatic hydroxyl groups is 3. The number of hydrogen-bond acceptors (Lipinski definition) is 5. The lowest BCUT2D eigenvalue weighted by Crippen LogP contribution is -2.62. The van der Waals surface area contributed by atoms with Crippen molar-refractivity contribution < 1.29 is 24.9 Å². The molecule has 0 aromatic heterocycles. The van der Waals surface area contributed by atoms with Crippen LogP contribution in [0, 0.1) is 34.5 Å². The van der Waals surface area contributed by atoms with E-state index in [9.17, 15) is 24.9 Å². The van der Waals surface area contributed by atoms with Crippen molar-refractivity contribution in [2.24, 2.45) is 34.5 Å². The predicted molar refractivity (Wildman–Crippen MR) is 99.6 cm³/mol. The molecule has 4 rings (SSSR count). The smallest absolute Gasteiger partial charge is 0.190 e. The minimum absolute atomic E-state index is 0.00784. The third kappa shape index (κ3) is 2.22. The highest BCUT2D eigenvalue weighted by molar-refractivity contribution is 6.01. The Morgan fingerprint density at radius 2 is 2.04 bits per heavy atom. The number of carbonyl (C=O) groups is 2. The van der Waals surface area contributed by atoms with Crippen molar-refractivity contribution in [3.8, 4) is 0 Å². The maximum Gasteiger partial charge on any atom is 0.190 e. The average molecular weight is 374 g/mol. The number of rotatable bonds is 2. The van der Waals surface area contributed by atoms with Crippen LogP contribution in [-0.2, 0) is 9.59 Å². The number of Topliss-reactive ketones (excluding diaryl/α,β-unsaturated/α-hetero) is 1. The zero-order chi connectivity index (χ0) is 19.8. The van der Waals surface area contributed by atoms with Gasteiger partial charge >= 0.3 is 0 Å². The molecule has 0 amide bonds. The first kappa shape index (κ1) is 19.0. The molecule has 148 valence electrons. The average Bonchev–Trinajstić information content (AvgIpc) is 2.82. The van der Waals surface area contributed by atoms with Crippen LogP contribution in [0.1, 0.15) is 46.5 Å². The summed E-state index contributed by atoms with van der Waals surface area (Å²) >= 11 is 0. The number of aliphatic hydroxyl groups excluding tert-OH is 2. The zero-order valence-electron chi connectivity index (χ0n) is 16.3. The topological polar surface area (TPSA) is 94.8 Å². The maximum absolute atomic E-state index is 12.6. The van der Waals surface area contributed by atoms with E-state index in [0.29, 0.717) is 12.8 Å². The Kier molecular flexibility index (Phi) is 4.12. The van der Waals surface area contributed by atoms with E-state index >= 15 is 0 Å². The van der Waals surface area contributed by atoms with Gasteiger partial charge in [-0.25, -0.2) is 0 Å². The summed E-state index contributed by atoms with van der Waals surface area (Å²) in [4.78, 5) is 24.4. The van der Waals surface area contributed by atoms with Gasteiger partial charge in [-0.3, -0.25) is 9.59 Å². The Morgan fingerprint density at radius 3 is 2.70 bits per heavy atom. The van der Waals surface area contributed by atoms with E-state index in [1.54, 1.807) is 12.2 Å². The van der Waals surface area contributed by atoms with Crippen molar-refractivity contribution in [1.82, 2.24) is 0 Å². The second-order valence-corrected chi connectivity index (χ2v) is 9.70. The van der Waals surface area contributed by atoms with Gasteiger partial charge < -0.3 is 15.3 Å². The van der Waals surface area contributed by atoms with Gasteiger partial charge in [0, 0.05) is 16.7 Å². The minimum Gasteiger partial charge on any atom is -0.393 e. The lowest BCUT2D eigenvalue weighted by Gasteiger charge is -2.59. The van der Waals surface area contributed by atoms with Crippen LogP contribution in [0.3, 0.4) is 0 Å². The molecule has 3 fully saturated rings. The fourth-order valence-electron chi connectivity index (χ4n) is 7.37. The number of allylic oxidation sites excluding steroid dienone is 4. The van der Waals surface area contributed by atoms with Gasteiger partial charge in [0.05, 0.1) is 6.10 Å². The van der Waals surface area contributed by atoms with E-state index in [2.05, 4.69) is 6.92 Å². The van der Waals surface area contributed by atoms with Crippen molar-refractivity contribution >= 4 is 11.6 Å². The largest absolute Gasteiger partial charge is 0.393 e. The summed E-state index contributed by atoms with van der Waals surface area (Å²) in [5.74, 6) is -0.539. The van der Waals surface area contributed by atoms with Crippen LogP contribution in [0.2, 0.25) is 0 Å². The number of ketones is 2. The van der Waals surface area contributed by atoms with Gasteiger partial charge in [-0.1, -0.05) is 32.4 Å². The summed E-state index contributed by atoms with van der Waals surface area (Å²) in [5.41, 5.74) is -1.62. The zero-order valence-corrected chi connectivity index (χ0v) is 16.3. The summed E-state index contributed by atoms with van der Waals surface area (Å²) in [6.45, 7) is 5.23. The van der Waals surface area contributed by atoms with E-state index in [-0.39, 0.29) is 34.9 Å². The van der Waals surface area contributed by atoms with E-state index in [0.717, 1.165) is 18.4 Å². The fraction of sp³-hybridized carbons (Fsp3) is 0.727. The highest BCUT2D eigenvalue weighted by atomic mass is 16.3. The number of hydrogen-bond donors (Lipinski definition) is 3. The van der Waals surface area contributed by atoms with Gasteiger partial charge in [0.15, 0.2) is 11.6 Å². The van der Waals surface area contributed by atoms with Gasteiger partial charge in [-0.2, -0.15) is 0 Å². The summed E-state index contributed by atoms with van der Waals surface area (Å²) in [7, 11) is 0. The Morgan fingerprint density at radius 1 is 1.33 bits per heavy atom. The molecule has 4 aliphatic rings. The molecule has 0 spiro atoms. The molecule has 5 heteroatoms. The molecular weight excluding hydrogens is 344 g/mol. The van der Waals surface area contributed by atoms with Gasteiger partial charge in [0.2, 0.25) is 0 Å². The second kappa shape index (κ2) is 5.85. The molecule has 0 bridgehead atoms. The molecular formula is C22H30O5. The number of fused-ring (bicyclic) bond motifs is 5. The first-order chi connectivity index (χ1) is 12.6. The Hall–Kier alpha value is -1.30. The predicted octanol–water partition coefficient (Wildman–Crippen LogP) is 1.80. The lowest BCUT2D eigenvalue weighted by molar-refractivity contribution is -0.183. The van der Waals surface area contributed by atoms with Gasteiger partial charge in [-0.05, 0) is 55.6 Å². The highest BCUT2D eigenvalue weighted by Crippen LogP contribution is 2.68. The molecule has 0 saturated heterocycles. The summed E-state index contributed by atoms with van der Waals surface area (Å²) in [6, 6.07) is 0. The van der Waals surface area contributed by atoms with Crippen LogP contribution in [0.5, 0.6) is 0 Å². The molecule has 0 aromatic rings. The third-order valence-electron chi connectivity index (χ3n) is 8.65. The SMILES string of the molecule is CC1CC2C3CCC4=CC(=O)C=CC4(C)C3C(O)CC2(C)[C@@]1(O)C(=O)CO. The summed E-state index contributed by atoms with van der Waals surface area (Å²) in [5, 5.41) is 32.1. The van der Waals surface area contributed by atoms with E-state index in [1.165, 1.54) is 0 Å². The van der Waals surface area contributed by atoms with Gasteiger partial charge in [0.1, 0.15) is 12.2 Å². The summed E-state index contributed by atoms with van der Waals surface area (Å²) in [6.07, 6.45) is 7.30. The molecule has 3 saturated carbocycles. The van der Waals surface area contributed by atoms with Gasteiger partial charge in [0.25, 0.3) is 0 Å². The first-order valence-corrected chi connectivity index (χ1v) is 10.1. The van der Waals surface area contributed by atoms with Crippen LogP contribution < -0.4 is 0 Å². The number of carbonyl (C=O) groups excluding carboxylic acids is 2. The maximum atomic E-state index is 12.6. The Balaban J connectivity index is 1.78. The molecule has 0 aliphatic heterocycles. The lowest BCUT2D eigenvalue weighted by atomic mass is 9.46. The Labute approximate surface area is 160 Å². The van der Waals surface area contributed by atoms with E-state index < -0.39 is 29.5 Å². The summed E-state index contributed by atoms with van der Waals surface area (Å²) < 4.78 is 0. The standard InChI is InChI=1S/C22H30O5/c1-12-8-16-15-5-4-13-9-14(24)6-7-20(13,2)19(15)17(25)10-21(16,3)22(12,27)18(26)11-23/h6-7,9,12,15-17,19,23,25,27H,4-5,8,10-11H2,1-3H3/t12?,15?,16?,17?,19?,20?,21?,22-/m0/s1. The van der Waals surface area contributed by atoms with Crippen molar-refractivity contribution in [3.05, 3.63) is 23.8 Å². The van der Waals surface area contributed by atoms with Crippen LogP contribution in [0.4, 0.5) is 0 Å². The third-order valence-corrected chi connectivity index (χ3v) is 8.65. The van der Waals surface area contributed by atoms with Crippen LogP contribution >= 0.6 is 0 Å². The Bertz CT molecular complexity index is 754. The van der Waals surface area contributed by atoms with Gasteiger partial charge in [-0.15, -0.1) is 0 Å². The molecule has 0 aromatic carbocycles. The quantitative estimate of drug-likeness (QED) is 0.685. The monoisotopic (exact) mass is 374 g/mol. The molecule has 0 radical (unpaired) electrons. The van der Waals surface area contributed by atoms with Crippen molar-refractivity contribution in [2.75, 3.05) is 6.61 Å². The van der Waals surface area contributed by atoms with E-state index in [1.807, 2.05) is 19.9 Å². The molecule has 27 heavy (non-hydrogen) atoms. The van der Waals surface area contributed by atoms with Crippen LogP contribution in [0.15, 0.2) is 23.8 Å². The molecule has 0 heterocycles.